The summed E-state index contributed by atoms with van der Waals surface area (Å²) in [5.41, 5.74) is 3.65. The average Bonchev–Trinajstić information content (AvgIpc) is 2.69. The number of amides is 2. The van der Waals surface area contributed by atoms with Gasteiger partial charge in [0.2, 0.25) is 0 Å². The molecule has 0 aliphatic carbocycles. The monoisotopic (exact) mass is 353 g/mol. The molecule has 5 nitrogen and oxygen atoms in total. The van der Waals surface area contributed by atoms with Gasteiger partial charge in [0.05, 0.1) is 12.8 Å². The minimum atomic E-state index is 0.0262. The van der Waals surface area contributed by atoms with Crippen molar-refractivity contribution in [3.63, 3.8) is 0 Å². The van der Waals surface area contributed by atoms with Crippen molar-refractivity contribution in [2.24, 2.45) is 0 Å². The second-order valence-corrected chi connectivity index (χ2v) is 6.55. The molecular formula is C21H27N3O2. The summed E-state index contributed by atoms with van der Waals surface area (Å²) >= 11 is 0. The molecule has 0 unspecified atom stereocenters. The number of anilines is 1. The Morgan fingerprint density at radius 3 is 2.46 bits per heavy atom. The molecule has 1 saturated heterocycles. The molecule has 5 heteroatoms. The van der Waals surface area contributed by atoms with Gasteiger partial charge in [0.1, 0.15) is 5.75 Å². The van der Waals surface area contributed by atoms with Gasteiger partial charge in [-0.2, -0.15) is 0 Å². The van der Waals surface area contributed by atoms with E-state index in [0.29, 0.717) is 19.6 Å². The highest BCUT2D eigenvalue weighted by atomic mass is 16.5. The molecule has 0 saturated carbocycles. The molecule has 0 atom stereocenters. The Kier molecular flexibility index (Phi) is 6.00. The highest BCUT2D eigenvalue weighted by Gasteiger charge is 2.22. The first-order valence-electron chi connectivity index (χ1n) is 9.14. The number of hydrogen-bond acceptors (Lipinski definition) is 3. The van der Waals surface area contributed by atoms with Crippen LogP contribution >= 0.6 is 0 Å². The zero-order chi connectivity index (χ0) is 18.4. The van der Waals surface area contributed by atoms with Gasteiger partial charge in [-0.3, -0.25) is 0 Å². The van der Waals surface area contributed by atoms with E-state index in [2.05, 4.69) is 35.3 Å². The second-order valence-electron chi connectivity index (χ2n) is 6.55. The van der Waals surface area contributed by atoms with Gasteiger partial charge >= 0.3 is 6.03 Å². The maximum absolute atomic E-state index is 12.4. The van der Waals surface area contributed by atoms with E-state index in [1.165, 1.54) is 11.1 Å². The smallest absolute Gasteiger partial charge is 0.317 e. The predicted molar refractivity (Wildman–Crippen MR) is 105 cm³/mol. The molecule has 2 aromatic carbocycles. The minimum Gasteiger partial charge on any atom is -0.495 e. The number of carbonyl (C=O) groups is 1. The Labute approximate surface area is 155 Å². The van der Waals surface area contributed by atoms with Crippen LogP contribution in [0.3, 0.4) is 0 Å². The van der Waals surface area contributed by atoms with E-state index in [1.54, 1.807) is 7.11 Å². The third-order valence-corrected chi connectivity index (χ3v) is 4.92. The SMILES string of the molecule is COc1ccccc1N1CCN(C(=O)NCCc2ccccc2C)CC1. The number of rotatable bonds is 5. The minimum absolute atomic E-state index is 0.0262. The summed E-state index contributed by atoms with van der Waals surface area (Å²) in [6.45, 7) is 5.82. The Morgan fingerprint density at radius 1 is 1.04 bits per heavy atom. The van der Waals surface area contributed by atoms with Crippen LogP contribution in [0, 0.1) is 6.92 Å². The lowest BCUT2D eigenvalue weighted by Crippen LogP contribution is -2.52. The van der Waals surface area contributed by atoms with E-state index in [4.69, 9.17) is 4.74 Å². The first-order chi connectivity index (χ1) is 12.7. The summed E-state index contributed by atoms with van der Waals surface area (Å²) in [6, 6.07) is 16.4. The van der Waals surface area contributed by atoms with Gasteiger partial charge in [-0.15, -0.1) is 0 Å². The van der Waals surface area contributed by atoms with Gasteiger partial charge in [0.15, 0.2) is 0 Å². The number of urea groups is 1. The van der Waals surface area contributed by atoms with Crippen molar-refractivity contribution in [2.75, 3.05) is 44.7 Å². The quantitative estimate of drug-likeness (QED) is 0.898. The lowest BCUT2D eigenvalue weighted by atomic mass is 10.1. The fourth-order valence-electron chi connectivity index (χ4n) is 3.35. The van der Waals surface area contributed by atoms with Gasteiger partial charge in [-0.1, -0.05) is 36.4 Å². The van der Waals surface area contributed by atoms with Crippen LogP contribution in [-0.4, -0.2) is 50.8 Å². The van der Waals surface area contributed by atoms with Crippen LogP contribution in [0.4, 0.5) is 10.5 Å². The molecule has 2 amide bonds. The van der Waals surface area contributed by atoms with Crippen molar-refractivity contribution in [1.82, 2.24) is 10.2 Å². The van der Waals surface area contributed by atoms with E-state index in [-0.39, 0.29) is 6.03 Å². The lowest BCUT2D eigenvalue weighted by Gasteiger charge is -2.36. The largest absolute Gasteiger partial charge is 0.495 e. The highest BCUT2D eigenvalue weighted by molar-refractivity contribution is 5.74. The first kappa shape index (κ1) is 18.1. The van der Waals surface area contributed by atoms with E-state index in [1.807, 2.05) is 35.2 Å². The van der Waals surface area contributed by atoms with Crippen LogP contribution in [0.5, 0.6) is 5.75 Å². The number of nitrogens with one attached hydrogen (secondary N) is 1. The van der Waals surface area contributed by atoms with E-state index < -0.39 is 0 Å². The summed E-state index contributed by atoms with van der Waals surface area (Å²) in [5, 5.41) is 3.05. The number of hydrogen-bond donors (Lipinski definition) is 1. The van der Waals surface area contributed by atoms with Crippen molar-refractivity contribution in [2.45, 2.75) is 13.3 Å². The van der Waals surface area contributed by atoms with Crippen LogP contribution in [0.25, 0.3) is 0 Å². The fourth-order valence-corrected chi connectivity index (χ4v) is 3.35. The molecule has 0 spiro atoms. The number of ether oxygens (including phenoxy) is 1. The van der Waals surface area contributed by atoms with Crippen molar-refractivity contribution in [3.05, 3.63) is 59.7 Å². The van der Waals surface area contributed by atoms with Crippen LogP contribution < -0.4 is 15.0 Å². The fraction of sp³-hybridized carbons (Fsp3) is 0.381. The zero-order valence-corrected chi connectivity index (χ0v) is 15.6. The number of nitrogens with zero attached hydrogens (tertiary/aromatic N) is 2. The van der Waals surface area contributed by atoms with Gasteiger partial charge in [0.25, 0.3) is 0 Å². The van der Waals surface area contributed by atoms with Gasteiger partial charge in [-0.05, 0) is 36.6 Å². The number of piperazine rings is 1. The summed E-state index contributed by atoms with van der Waals surface area (Å²) in [4.78, 5) is 16.6. The van der Waals surface area contributed by atoms with Gasteiger partial charge in [-0.25, -0.2) is 4.79 Å². The summed E-state index contributed by atoms with van der Waals surface area (Å²) in [6.07, 6.45) is 0.861. The van der Waals surface area contributed by atoms with Crippen LogP contribution in [-0.2, 0) is 6.42 Å². The van der Waals surface area contributed by atoms with Crippen molar-refractivity contribution < 1.29 is 9.53 Å². The Bertz CT molecular complexity index is 740. The molecule has 0 bridgehead atoms. The van der Waals surface area contributed by atoms with Gasteiger partial charge in [0, 0.05) is 32.7 Å². The number of carbonyl (C=O) groups excluding carboxylic acids is 1. The molecule has 26 heavy (non-hydrogen) atoms. The standard InChI is InChI=1S/C21H27N3O2/c1-17-7-3-4-8-18(17)11-12-22-21(25)24-15-13-23(14-16-24)19-9-5-6-10-20(19)26-2/h3-10H,11-16H2,1-2H3,(H,22,25). The van der Waals surface area contributed by atoms with Crippen LogP contribution in [0.1, 0.15) is 11.1 Å². The molecule has 0 aromatic heterocycles. The highest BCUT2D eigenvalue weighted by Crippen LogP contribution is 2.28. The number of aryl methyl sites for hydroxylation is 1. The lowest BCUT2D eigenvalue weighted by molar-refractivity contribution is 0.194. The number of para-hydroxylation sites is 2. The molecular weight excluding hydrogens is 326 g/mol. The molecule has 1 fully saturated rings. The molecule has 1 aliphatic rings. The molecule has 138 valence electrons. The van der Waals surface area contributed by atoms with Crippen LogP contribution in [0.15, 0.2) is 48.5 Å². The Hall–Kier alpha value is -2.69. The average molecular weight is 353 g/mol. The van der Waals surface area contributed by atoms with E-state index in [9.17, 15) is 4.79 Å². The normalized spacial score (nSPS) is 14.2. The summed E-state index contributed by atoms with van der Waals surface area (Å²) in [5.74, 6) is 0.878. The topological polar surface area (TPSA) is 44.8 Å². The third kappa shape index (κ3) is 4.28. The van der Waals surface area contributed by atoms with Crippen molar-refractivity contribution in [3.8, 4) is 5.75 Å². The molecule has 3 rings (SSSR count). The van der Waals surface area contributed by atoms with Gasteiger partial charge < -0.3 is 19.9 Å². The molecule has 1 aliphatic heterocycles. The maximum atomic E-state index is 12.4. The zero-order valence-electron chi connectivity index (χ0n) is 15.6. The van der Waals surface area contributed by atoms with E-state index >= 15 is 0 Å². The van der Waals surface area contributed by atoms with Crippen molar-refractivity contribution in [1.29, 1.82) is 0 Å². The predicted octanol–water partition coefficient (Wildman–Crippen LogP) is 3.08. The summed E-state index contributed by atoms with van der Waals surface area (Å²) in [7, 11) is 1.69. The van der Waals surface area contributed by atoms with Crippen LogP contribution in [0.2, 0.25) is 0 Å². The number of benzene rings is 2. The van der Waals surface area contributed by atoms with E-state index in [0.717, 1.165) is 30.9 Å². The summed E-state index contributed by atoms with van der Waals surface area (Å²) < 4.78 is 5.44. The molecule has 1 heterocycles. The first-order valence-corrected chi connectivity index (χ1v) is 9.14. The Balaban J connectivity index is 1.47. The molecule has 1 N–H and O–H groups in total. The van der Waals surface area contributed by atoms with Crippen molar-refractivity contribution >= 4 is 11.7 Å². The number of methoxy groups -OCH3 is 1. The molecule has 0 radical (unpaired) electrons. The third-order valence-electron chi connectivity index (χ3n) is 4.92. The maximum Gasteiger partial charge on any atom is 0.317 e. The molecule has 2 aromatic rings. The second kappa shape index (κ2) is 8.61. The Morgan fingerprint density at radius 2 is 1.73 bits per heavy atom.